The molecule has 2 aromatic carbocycles. The van der Waals surface area contributed by atoms with Gasteiger partial charge in [0.05, 0.1) is 29.2 Å². The van der Waals surface area contributed by atoms with Gasteiger partial charge in [-0.15, -0.1) is 11.6 Å². The smallest absolute Gasteiger partial charge is 0.147 e. The Bertz CT molecular complexity index is 798. The van der Waals surface area contributed by atoms with E-state index in [-0.39, 0.29) is 11.2 Å². The number of hydrogen-bond donors (Lipinski definition) is 0. The molecule has 0 saturated heterocycles. The van der Waals surface area contributed by atoms with Gasteiger partial charge < -0.3 is 4.74 Å². The minimum Gasteiger partial charge on any atom is -0.497 e. The van der Waals surface area contributed by atoms with Gasteiger partial charge in [-0.1, -0.05) is 12.1 Å². The van der Waals surface area contributed by atoms with Crippen LogP contribution in [0.3, 0.4) is 0 Å². The van der Waals surface area contributed by atoms with E-state index in [0.717, 1.165) is 11.0 Å². The maximum absolute atomic E-state index is 14.2. The quantitative estimate of drug-likeness (QED) is 0.667. The standard InChI is InChI=1S/C16H14ClFN2O/c1-10(17)16-19-13-8-7-11(21-2)9-15(13)20(16)14-6-4-3-5-12(14)18/h3-10H,1-2H3. The molecule has 0 amide bonds. The van der Waals surface area contributed by atoms with Crippen molar-refractivity contribution in [3.63, 3.8) is 0 Å². The summed E-state index contributed by atoms with van der Waals surface area (Å²) in [4.78, 5) is 4.51. The SMILES string of the molecule is COc1ccc2nc(C(C)Cl)n(-c3ccccc3F)c2c1. The molecule has 1 heterocycles. The number of para-hydroxylation sites is 1. The number of methoxy groups -OCH3 is 1. The Labute approximate surface area is 126 Å². The Kier molecular flexibility index (Phi) is 3.55. The van der Waals surface area contributed by atoms with Crippen LogP contribution in [0.2, 0.25) is 0 Å². The third kappa shape index (κ3) is 2.36. The summed E-state index contributed by atoms with van der Waals surface area (Å²) in [6, 6.07) is 12.1. The van der Waals surface area contributed by atoms with E-state index in [4.69, 9.17) is 16.3 Å². The third-order valence-corrected chi connectivity index (χ3v) is 3.53. The zero-order chi connectivity index (χ0) is 15.0. The first-order valence-electron chi connectivity index (χ1n) is 6.57. The molecule has 1 aromatic heterocycles. The molecule has 21 heavy (non-hydrogen) atoms. The zero-order valence-electron chi connectivity index (χ0n) is 11.7. The van der Waals surface area contributed by atoms with Crippen molar-refractivity contribution in [3.05, 3.63) is 54.1 Å². The highest BCUT2D eigenvalue weighted by atomic mass is 35.5. The molecule has 0 radical (unpaired) electrons. The van der Waals surface area contributed by atoms with Gasteiger partial charge in [-0.3, -0.25) is 4.57 Å². The molecule has 3 nitrogen and oxygen atoms in total. The van der Waals surface area contributed by atoms with Crippen LogP contribution in [0.25, 0.3) is 16.7 Å². The molecule has 0 aliphatic rings. The van der Waals surface area contributed by atoms with Gasteiger partial charge >= 0.3 is 0 Å². The van der Waals surface area contributed by atoms with Crippen molar-refractivity contribution < 1.29 is 9.13 Å². The normalized spacial score (nSPS) is 12.6. The van der Waals surface area contributed by atoms with Gasteiger partial charge in [-0.2, -0.15) is 0 Å². The number of benzene rings is 2. The minimum absolute atomic E-state index is 0.321. The van der Waals surface area contributed by atoms with Crippen LogP contribution in [0, 0.1) is 5.82 Å². The van der Waals surface area contributed by atoms with Crippen LogP contribution in [0.1, 0.15) is 18.1 Å². The summed E-state index contributed by atoms with van der Waals surface area (Å²) in [5.74, 6) is 0.969. The lowest BCUT2D eigenvalue weighted by Gasteiger charge is -2.11. The Morgan fingerprint density at radius 1 is 1.24 bits per heavy atom. The Balaban J connectivity index is 2.37. The van der Waals surface area contributed by atoms with Crippen LogP contribution in [-0.4, -0.2) is 16.7 Å². The summed E-state index contributed by atoms with van der Waals surface area (Å²) in [6.07, 6.45) is 0. The maximum Gasteiger partial charge on any atom is 0.147 e. The molecule has 0 aliphatic heterocycles. The molecule has 1 unspecified atom stereocenters. The number of nitrogens with zero attached hydrogens (tertiary/aromatic N) is 2. The summed E-state index contributed by atoms with van der Waals surface area (Å²) in [6.45, 7) is 1.82. The van der Waals surface area contributed by atoms with Crippen molar-refractivity contribution in [2.75, 3.05) is 7.11 Å². The number of alkyl halides is 1. The Morgan fingerprint density at radius 2 is 2.00 bits per heavy atom. The lowest BCUT2D eigenvalue weighted by molar-refractivity contribution is 0.415. The topological polar surface area (TPSA) is 27.1 Å². The van der Waals surface area contributed by atoms with Crippen LogP contribution < -0.4 is 4.74 Å². The Morgan fingerprint density at radius 3 is 2.67 bits per heavy atom. The number of hydrogen-bond acceptors (Lipinski definition) is 2. The molecule has 0 N–H and O–H groups in total. The van der Waals surface area contributed by atoms with Crippen molar-refractivity contribution in [2.45, 2.75) is 12.3 Å². The van der Waals surface area contributed by atoms with E-state index < -0.39 is 0 Å². The van der Waals surface area contributed by atoms with Crippen molar-refractivity contribution in [3.8, 4) is 11.4 Å². The summed E-state index contributed by atoms with van der Waals surface area (Å²) in [5, 5.41) is -0.344. The van der Waals surface area contributed by atoms with Gasteiger partial charge in [-0.25, -0.2) is 9.37 Å². The molecule has 3 aromatic rings. The van der Waals surface area contributed by atoms with E-state index in [9.17, 15) is 4.39 Å². The van der Waals surface area contributed by atoms with E-state index in [0.29, 0.717) is 17.3 Å². The largest absolute Gasteiger partial charge is 0.497 e. The number of halogens is 2. The fourth-order valence-corrected chi connectivity index (χ4v) is 2.50. The summed E-state index contributed by atoms with van der Waals surface area (Å²) in [5.41, 5.74) is 1.94. The highest BCUT2D eigenvalue weighted by Crippen LogP contribution is 2.31. The second-order valence-corrected chi connectivity index (χ2v) is 5.38. The number of imidazole rings is 1. The van der Waals surface area contributed by atoms with Gasteiger partial charge in [-0.05, 0) is 31.2 Å². The highest BCUT2D eigenvalue weighted by Gasteiger charge is 2.18. The predicted molar refractivity (Wildman–Crippen MR) is 81.8 cm³/mol. The van der Waals surface area contributed by atoms with Gasteiger partial charge in [0.1, 0.15) is 17.4 Å². The van der Waals surface area contributed by atoms with Crippen molar-refractivity contribution >= 4 is 22.6 Å². The number of fused-ring (bicyclic) bond motifs is 1. The highest BCUT2D eigenvalue weighted by molar-refractivity contribution is 6.20. The molecule has 108 valence electrons. The van der Waals surface area contributed by atoms with E-state index in [1.54, 1.807) is 29.9 Å². The molecule has 1 atom stereocenters. The number of rotatable bonds is 3. The number of ether oxygens (including phenoxy) is 1. The predicted octanol–water partition coefficient (Wildman–Crippen LogP) is 4.47. The van der Waals surface area contributed by atoms with Crippen LogP contribution in [0.4, 0.5) is 4.39 Å². The fourth-order valence-electron chi connectivity index (χ4n) is 2.35. The average molecular weight is 305 g/mol. The van der Waals surface area contributed by atoms with Gasteiger partial charge in [0.25, 0.3) is 0 Å². The van der Waals surface area contributed by atoms with Crippen LogP contribution in [-0.2, 0) is 0 Å². The molecule has 0 bridgehead atoms. The van der Waals surface area contributed by atoms with Crippen molar-refractivity contribution in [1.29, 1.82) is 0 Å². The molecule has 3 rings (SSSR count). The van der Waals surface area contributed by atoms with E-state index in [1.807, 2.05) is 25.1 Å². The van der Waals surface area contributed by atoms with Gasteiger partial charge in [0, 0.05) is 6.07 Å². The van der Waals surface area contributed by atoms with Crippen molar-refractivity contribution in [1.82, 2.24) is 9.55 Å². The second-order valence-electron chi connectivity index (χ2n) is 4.73. The van der Waals surface area contributed by atoms with Crippen LogP contribution >= 0.6 is 11.6 Å². The zero-order valence-corrected chi connectivity index (χ0v) is 12.4. The second kappa shape index (κ2) is 5.37. The monoisotopic (exact) mass is 304 g/mol. The molecule has 0 spiro atoms. The van der Waals surface area contributed by atoms with Gasteiger partial charge in [0.2, 0.25) is 0 Å². The molecule has 0 aliphatic carbocycles. The maximum atomic E-state index is 14.2. The minimum atomic E-state index is -0.344. The summed E-state index contributed by atoms with van der Waals surface area (Å²) < 4.78 is 21.2. The first kappa shape index (κ1) is 13.9. The summed E-state index contributed by atoms with van der Waals surface area (Å²) >= 11 is 6.22. The molecular formula is C16H14ClFN2O. The third-order valence-electron chi connectivity index (χ3n) is 3.34. The lowest BCUT2D eigenvalue weighted by atomic mass is 10.2. The lowest BCUT2D eigenvalue weighted by Crippen LogP contribution is -2.04. The average Bonchev–Trinajstić information content (AvgIpc) is 2.86. The molecule has 0 saturated carbocycles. The molecule has 0 fully saturated rings. The Hall–Kier alpha value is -2.07. The first-order chi connectivity index (χ1) is 10.1. The van der Waals surface area contributed by atoms with E-state index in [2.05, 4.69) is 4.98 Å². The molecular weight excluding hydrogens is 291 g/mol. The summed E-state index contributed by atoms with van der Waals surface area (Å²) in [7, 11) is 1.59. The van der Waals surface area contributed by atoms with Crippen LogP contribution in [0.5, 0.6) is 5.75 Å². The van der Waals surface area contributed by atoms with E-state index >= 15 is 0 Å². The number of aromatic nitrogens is 2. The van der Waals surface area contributed by atoms with Crippen LogP contribution in [0.15, 0.2) is 42.5 Å². The van der Waals surface area contributed by atoms with Gasteiger partial charge in [0.15, 0.2) is 0 Å². The fraction of sp³-hybridized carbons (Fsp3) is 0.188. The van der Waals surface area contributed by atoms with Crippen molar-refractivity contribution in [2.24, 2.45) is 0 Å². The van der Waals surface area contributed by atoms with E-state index in [1.165, 1.54) is 6.07 Å². The molecule has 5 heteroatoms. The first-order valence-corrected chi connectivity index (χ1v) is 7.01.